The summed E-state index contributed by atoms with van der Waals surface area (Å²) in [5.74, 6) is 0.450. The van der Waals surface area contributed by atoms with Crippen molar-refractivity contribution in [3.63, 3.8) is 0 Å². The van der Waals surface area contributed by atoms with Crippen molar-refractivity contribution in [3.8, 4) is 11.5 Å². The highest BCUT2D eigenvalue weighted by atomic mass is 16.5. The highest BCUT2D eigenvalue weighted by Crippen LogP contribution is 2.38. The van der Waals surface area contributed by atoms with Crippen LogP contribution in [0.15, 0.2) is 29.3 Å². The third-order valence-corrected chi connectivity index (χ3v) is 7.12. The molecule has 5 rings (SSSR count). The van der Waals surface area contributed by atoms with Gasteiger partial charge < -0.3 is 19.9 Å². The first-order valence-electron chi connectivity index (χ1n) is 12.4. The number of carbonyl (C=O) groups excluding carboxylic acids is 1. The van der Waals surface area contributed by atoms with Crippen molar-refractivity contribution in [2.75, 3.05) is 57.6 Å². The number of benzene rings is 1. The summed E-state index contributed by atoms with van der Waals surface area (Å²) in [5.41, 5.74) is 6.09. The van der Waals surface area contributed by atoms with Gasteiger partial charge in [-0.15, -0.1) is 0 Å². The van der Waals surface area contributed by atoms with Crippen LogP contribution >= 0.6 is 0 Å². The van der Waals surface area contributed by atoms with E-state index < -0.39 is 5.91 Å². The number of nitrogens with one attached hydrogen (secondary N) is 1. The Morgan fingerprint density at radius 3 is 2.57 bits per heavy atom. The van der Waals surface area contributed by atoms with Gasteiger partial charge in [-0.05, 0) is 45.0 Å². The largest absolute Gasteiger partial charge is 0.491 e. The second kappa shape index (κ2) is 10.3. The summed E-state index contributed by atoms with van der Waals surface area (Å²) in [6, 6.07) is 3.40. The van der Waals surface area contributed by atoms with Gasteiger partial charge in [0.2, 0.25) is 11.9 Å². The number of aromatic nitrogens is 4. The lowest BCUT2D eigenvalue weighted by molar-refractivity contribution is -0.139. The van der Waals surface area contributed by atoms with Crippen molar-refractivity contribution in [1.82, 2.24) is 24.4 Å². The number of nitrogens with zero attached hydrogens (tertiary/aromatic N) is 5. The second-order valence-corrected chi connectivity index (χ2v) is 9.44. The first-order valence-corrected chi connectivity index (χ1v) is 12.4. The number of anilines is 2. The molecule has 37 heavy (non-hydrogen) atoms. The van der Waals surface area contributed by atoms with E-state index in [1.54, 1.807) is 19.1 Å². The molecule has 12 heteroatoms. The summed E-state index contributed by atoms with van der Waals surface area (Å²) in [4.78, 5) is 40.7. The quantitative estimate of drug-likeness (QED) is 0.458. The van der Waals surface area contributed by atoms with Crippen LogP contribution in [-0.4, -0.2) is 76.9 Å². The number of hydrogen-bond donors (Lipinski definition) is 2. The molecule has 0 unspecified atom stereocenters. The van der Waals surface area contributed by atoms with Crippen molar-refractivity contribution >= 4 is 28.7 Å². The molecule has 0 radical (unpaired) electrons. The molecule has 0 bridgehead atoms. The Morgan fingerprint density at radius 1 is 1.22 bits per heavy atom. The van der Waals surface area contributed by atoms with Gasteiger partial charge in [0.15, 0.2) is 11.5 Å². The summed E-state index contributed by atoms with van der Waals surface area (Å²) >= 11 is 0. The molecule has 0 atom stereocenters. The summed E-state index contributed by atoms with van der Waals surface area (Å²) < 4.78 is 18.5. The molecule has 1 aromatic carbocycles. The molecule has 0 aliphatic carbocycles. The molecular weight excluding hydrogens is 478 g/mol. The molecule has 4 heterocycles. The van der Waals surface area contributed by atoms with E-state index in [1.165, 1.54) is 24.1 Å². The SMILES string of the molecule is CCn1c(NC(=O)c2cnc(N)nc2)nc2c(OC)c(OCCN3CCC4(CC3)COC4)ccc2c1=O. The number of nitrogens with two attached hydrogens (primary N) is 1. The van der Waals surface area contributed by atoms with Crippen molar-refractivity contribution in [1.29, 1.82) is 0 Å². The van der Waals surface area contributed by atoms with Gasteiger partial charge in [-0.1, -0.05) is 0 Å². The molecule has 1 spiro atoms. The normalized spacial score (nSPS) is 16.9. The van der Waals surface area contributed by atoms with Crippen LogP contribution in [0.5, 0.6) is 11.5 Å². The molecule has 3 N–H and O–H groups in total. The molecule has 2 aliphatic heterocycles. The topological polar surface area (TPSA) is 147 Å². The van der Waals surface area contributed by atoms with Gasteiger partial charge in [0, 0.05) is 30.9 Å². The van der Waals surface area contributed by atoms with E-state index in [2.05, 4.69) is 25.2 Å². The molecule has 1 amide bonds. The van der Waals surface area contributed by atoms with E-state index in [9.17, 15) is 9.59 Å². The maximum atomic E-state index is 13.2. The molecule has 2 aliphatic rings. The van der Waals surface area contributed by atoms with Gasteiger partial charge in [-0.2, -0.15) is 0 Å². The third-order valence-electron chi connectivity index (χ3n) is 7.12. The van der Waals surface area contributed by atoms with Gasteiger partial charge >= 0.3 is 0 Å². The van der Waals surface area contributed by atoms with Crippen LogP contribution < -0.4 is 26.1 Å². The fourth-order valence-electron chi connectivity index (χ4n) is 4.79. The number of ether oxygens (including phenoxy) is 3. The molecule has 3 aromatic rings. The molecule has 2 fully saturated rings. The summed E-state index contributed by atoms with van der Waals surface area (Å²) in [6.45, 7) is 7.18. The maximum absolute atomic E-state index is 13.2. The summed E-state index contributed by atoms with van der Waals surface area (Å²) in [7, 11) is 1.50. The van der Waals surface area contributed by atoms with E-state index in [-0.39, 0.29) is 23.0 Å². The molecule has 2 aromatic heterocycles. The molecule has 2 saturated heterocycles. The minimum atomic E-state index is -0.517. The van der Waals surface area contributed by atoms with Crippen LogP contribution in [0.1, 0.15) is 30.1 Å². The lowest BCUT2D eigenvalue weighted by Gasteiger charge is -2.47. The number of carbonyl (C=O) groups is 1. The number of nitrogen functional groups attached to an aromatic ring is 1. The smallest absolute Gasteiger partial charge is 0.262 e. The Kier molecular flexibility index (Phi) is 6.94. The Bertz CT molecular complexity index is 1340. The zero-order valence-electron chi connectivity index (χ0n) is 21.0. The summed E-state index contributed by atoms with van der Waals surface area (Å²) in [6.07, 6.45) is 4.91. The highest BCUT2D eigenvalue weighted by molar-refractivity contribution is 6.03. The van der Waals surface area contributed by atoms with Gasteiger partial charge in [-0.25, -0.2) is 15.0 Å². The average molecular weight is 510 g/mol. The van der Waals surface area contributed by atoms with Crippen LogP contribution in [0.4, 0.5) is 11.9 Å². The van der Waals surface area contributed by atoms with E-state index in [4.69, 9.17) is 19.9 Å². The Labute approximate surface area is 213 Å². The number of piperidine rings is 1. The molecule has 12 nitrogen and oxygen atoms in total. The van der Waals surface area contributed by atoms with E-state index >= 15 is 0 Å². The predicted octanol–water partition coefficient (Wildman–Crippen LogP) is 1.54. The zero-order valence-corrected chi connectivity index (χ0v) is 21.0. The number of fused-ring (bicyclic) bond motifs is 1. The minimum Gasteiger partial charge on any atom is -0.491 e. The lowest BCUT2D eigenvalue weighted by atomic mass is 9.77. The van der Waals surface area contributed by atoms with Crippen LogP contribution in [0, 0.1) is 5.41 Å². The van der Waals surface area contributed by atoms with Crippen LogP contribution in [0.25, 0.3) is 10.9 Å². The van der Waals surface area contributed by atoms with Crippen molar-refractivity contribution in [3.05, 3.63) is 40.4 Å². The van der Waals surface area contributed by atoms with E-state index in [1.807, 2.05) is 0 Å². The molecule has 0 saturated carbocycles. The average Bonchev–Trinajstić information content (AvgIpc) is 2.88. The maximum Gasteiger partial charge on any atom is 0.262 e. The van der Waals surface area contributed by atoms with Gasteiger partial charge in [-0.3, -0.25) is 24.4 Å². The van der Waals surface area contributed by atoms with Crippen LogP contribution in [-0.2, 0) is 11.3 Å². The highest BCUT2D eigenvalue weighted by Gasteiger charge is 2.40. The number of hydrogen-bond acceptors (Lipinski definition) is 10. The fourth-order valence-corrected chi connectivity index (χ4v) is 4.79. The van der Waals surface area contributed by atoms with Gasteiger partial charge in [0.1, 0.15) is 12.1 Å². The van der Waals surface area contributed by atoms with E-state index in [0.717, 1.165) is 45.7 Å². The predicted molar refractivity (Wildman–Crippen MR) is 137 cm³/mol. The first-order chi connectivity index (χ1) is 17.9. The monoisotopic (exact) mass is 509 g/mol. The third kappa shape index (κ3) is 4.94. The minimum absolute atomic E-state index is 0.0558. The number of methoxy groups -OCH3 is 1. The Balaban J connectivity index is 1.35. The lowest BCUT2D eigenvalue weighted by Crippen LogP contribution is -2.51. The Hall–Kier alpha value is -3.77. The molecule has 196 valence electrons. The van der Waals surface area contributed by atoms with Gasteiger partial charge in [0.25, 0.3) is 11.5 Å². The van der Waals surface area contributed by atoms with Crippen molar-refractivity contribution < 1.29 is 19.0 Å². The number of amides is 1. The van der Waals surface area contributed by atoms with Gasteiger partial charge in [0.05, 0.1) is 31.3 Å². The number of rotatable bonds is 8. The van der Waals surface area contributed by atoms with Crippen molar-refractivity contribution in [2.24, 2.45) is 5.41 Å². The van der Waals surface area contributed by atoms with Crippen molar-refractivity contribution in [2.45, 2.75) is 26.3 Å². The summed E-state index contributed by atoms with van der Waals surface area (Å²) in [5, 5.41) is 3.05. The zero-order chi connectivity index (χ0) is 26.0. The standard InChI is InChI=1S/C25H31N7O5/c1-3-32-22(34)17-4-5-18(37-11-10-31-8-6-25(7-9-31)14-36-15-25)20(35-2)19(17)29-24(32)30-21(33)16-12-27-23(26)28-13-16/h4-5,12-13H,3,6-11,14-15H2,1-2H3,(H2,26,27,28)(H,29,30,33). The molecular formula is C25H31N7O5. The first kappa shape index (κ1) is 24.9. The number of likely N-dealkylation sites (tertiary alicyclic amines) is 1. The van der Waals surface area contributed by atoms with E-state index in [0.29, 0.717) is 41.0 Å². The second-order valence-electron chi connectivity index (χ2n) is 9.44. The Morgan fingerprint density at radius 2 is 1.95 bits per heavy atom. The van der Waals surface area contributed by atoms with Crippen LogP contribution in [0.2, 0.25) is 0 Å². The fraction of sp³-hybridized carbons (Fsp3) is 0.480. The van der Waals surface area contributed by atoms with Crippen LogP contribution in [0.3, 0.4) is 0 Å².